The minimum atomic E-state index is 0. The smallest absolute Gasteiger partial charge is 0.133 e. The second-order valence-corrected chi connectivity index (χ2v) is 1.96. The summed E-state index contributed by atoms with van der Waals surface area (Å²) in [5, 5.41) is 1.16. The van der Waals surface area contributed by atoms with Crippen LogP contribution in [0.1, 0.15) is 0 Å². The molecule has 60 valence electrons. The maximum atomic E-state index is 5.12. The molecule has 2 aromatic rings. The van der Waals surface area contributed by atoms with Crippen LogP contribution in [0, 0.1) is 0 Å². The zero-order valence-corrected chi connectivity index (χ0v) is 7.32. The number of furan rings is 1. The molecular formula is C8H8Cl2O. The summed E-state index contributed by atoms with van der Waals surface area (Å²) in [5.74, 6) is 0. The van der Waals surface area contributed by atoms with Gasteiger partial charge in [-0.1, -0.05) is 18.2 Å². The first-order valence-electron chi connectivity index (χ1n) is 2.89. The molecule has 0 saturated heterocycles. The van der Waals surface area contributed by atoms with Crippen molar-refractivity contribution in [2.24, 2.45) is 0 Å². The molecule has 1 aromatic heterocycles. The topological polar surface area (TPSA) is 13.1 Å². The molecule has 0 fully saturated rings. The maximum Gasteiger partial charge on any atom is 0.133 e. The number of halogens is 2. The van der Waals surface area contributed by atoms with Crippen LogP contribution in [0.25, 0.3) is 11.0 Å². The Kier molecular flexibility index (Phi) is 4.01. The quantitative estimate of drug-likeness (QED) is 0.622. The number of hydrogen-bond donors (Lipinski definition) is 0. The lowest BCUT2D eigenvalue weighted by molar-refractivity contribution is 0.616. The summed E-state index contributed by atoms with van der Waals surface area (Å²) in [6, 6.07) is 9.90. The maximum absolute atomic E-state index is 5.12. The average molecular weight is 191 g/mol. The van der Waals surface area contributed by atoms with Gasteiger partial charge in [0.2, 0.25) is 0 Å². The van der Waals surface area contributed by atoms with E-state index in [1.165, 1.54) is 0 Å². The predicted octanol–water partition coefficient (Wildman–Crippen LogP) is 3.28. The highest BCUT2D eigenvalue weighted by atomic mass is 35.5. The summed E-state index contributed by atoms with van der Waals surface area (Å²) in [6.07, 6.45) is 1.70. The minimum Gasteiger partial charge on any atom is -0.464 e. The van der Waals surface area contributed by atoms with Gasteiger partial charge in [-0.3, -0.25) is 0 Å². The molecule has 0 spiro atoms. The Labute approximate surface area is 77.2 Å². The molecule has 0 saturated carbocycles. The Morgan fingerprint density at radius 2 is 1.64 bits per heavy atom. The van der Waals surface area contributed by atoms with E-state index >= 15 is 0 Å². The minimum absolute atomic E-state index is 0. The van der Waals surface area contributed by atoms with Gasteiger partial charge >= 0.3 is 0 Å². The van der Waals surface area contributed by atoms with Gasteiger partial charge in [-0.05, 0) is 12.1 Å². The normalized spacial score (nSPS) is 8.36. The fourth-order valence-electron chi connectivity index (χ4n) is 0.906. The Morgan fingerprint density at radius 1 is 0.909 bits per heavy atom. The third kappa shape index (κ3) is 1.88. The van der Waals surface area contributed by atoms with E-state index in [4.69, 9.17) is 4.42 Å². The fraction of sp³-hybridized carbons (Fsp3) is 0. The van der Waals surface area contributed by atoms with Crippen molar-refractivity contribution in [2.45, 2.75) is 0 Å². The van der Waals surface area contributed by atoms with E-state index in [-0.39, 0.29) is 24.8 Å². The molecule has 0 atom stereocenters. The van der Waals surface area contributed by atoms with E-state index in [0.29, 0.717) is 0 Å². The van der Waals surface area contributed by atoms with Gasteiger partial charge in [-0.15, -0.1) is 24.8 Å². The van der Waals surface area contributed by atoms with Crippen LogP contribution in [-0.4, -0.2) is 0 Å². The Balaban J connectivity index is 0.000000500. The van der Waals surface area contributed by atoms with Gasteiger partial charge < -0.3 is 4.42 Å². The zero-order chi connectivity index (χ0) is 6.10. The second kappa shape index (κ2) is 4.27. The molecule has 0 amide bonds. The van der Waals surface area contributed by atoms with Crippen molar-refractivity contribution in [1.29, 1.82) is 0 Å². The van der Waals surface area contributed by atoms with Crippen LogP contribution < -0.4 is 0 Å². The van der Waals surface area contributed by atoms with Crippen LogP contribution in [0.2, 0.25) is 0 Å². The van der Waals surface area contributed by atoms with E-state index in [0.717, 1.165) is 11.0 Å². The number of hydrogen-bond acceptors (Lipinski definition) is 1. The van der Waals surface area contributed by atoms with Crippen molar-refractivity contribution in [3.05, 3.63) is 36.6 Å². The third-order valence-corrected chi connectivity index (χ3v) is 1.36. The van der Waals surface area contributed by atoms with Crippen LogP contribution in [0.5, 0.6) is 0 Å². The van der Waals surface area contributed by atoms with E-state index in [1.807, 2.05) is 30.3 Å². The lowest BCUT2D eigenvalue weighted by Crippen LogP contribution is -1.57. The highest BCUT2D eigenvalue weighted by molar-refractivity contribution is 5.85. The number of benzene rings is 1. The number of rotatable bonds is 0. The monoisotopic (exact) mass is 190 g/mol. The van der Waals surface area contributed by atoms with Crippen LogP contribution in [0.15, 0.2) is 41.0 Å². The van der Waals surface area contributed by atoms with Crippen molar-refractivity contribution in [2.75, 3.05) is 0 Å². The lowest BCUT2D eigenvalue weighted by atomic mass is 10.3. The Morgan fingerprint density at radius 3 is 2.36 bits per heavy atom. The molecule has 0 bridgehead atoms. The molecule has 0 aliphatic rings. The van der Waals surface area contributed by atoms with Gasteiger partial charge in [-0.25, -0.2) is 0 Å². The summed E-state index contributed by atoms with van der Waals surface area (Å²) in [7, 11) is 0. The molecule has 0 N–H and O–H groups in total. The SMILES string of the molecule is Cl.Cl.c1ccc2occc2c1. The average Bonchev–Trinajstić information content (AvgIpc) is 2.33. The first-order chi connectivity index (χ1) is 4.47. The van der Waals surface area contributed by atoms with Crippen molar-refractivity contribution < 1.29 is 4.42 Å². The standard InChI is InChI=1S/C8H6O.2ClH/c1-2-4-8-7(3-1)5-6-9-8;;/h1-6H;2*1H. The van der Waals surface area contributed by atoms with E-state index in [9.17, 15) is 0 Å². The fourth-order valence-corrected chi connectivity index (χ4v) is 0.906. The summed E-state index contributed by atoms with van der Waals surface area (Å²) in [5.41, 5.74) is 0.956. The van der Waals surface area contributed by atoms with Crippen LogP contribution in [-0.2, 0) is 0 Å². The summed E-state index contributed by atoms with van der Waals surface area (Å²) >= 11 is 0. The molecule has 0 radical (unpaired) electrons. The van der Waals surface area contributed by atoms with Crippen molar-refractivity contribution >= 4 is 35.8 Å². The van der Waals surface area contributed by atoms with Gasteiger partial charge in [0.05, 0.1) is 6.26 Å². The van der Waals surface area contributed by atoms with Crippen molar-refractivity contribution in [1.82, 2.24) is 0 Å². The van der Waals surface area contributed by atoms with E-state index in [1.54, 1.807) is 6.26 Å². The van der Waals surface area contributed by atoms with Crippen molar-refractivity contribution in [3.63, 3.8) is 0 Å². The molecule has 0 aliphatic carbocycles. The molecule has 0 unspecified atom stereocenters. The molecule has 0 aliphatic heterocycles. The third-order valence-electron chi connectivity index (χ3n) is 1.36. The van der Waals surface area contributed by atoms with Crippen LogP contribution in [0.3, 0.4) is 0 Å². The molecule has 3 heteroatoms. The van der Waals surface area contributed by atoms with Crippen LogP contribution >= 0.6 is 24.8 Å². The highest BCUT2D eigenvalue weighted by Crippen LogP contribution is 2.12. The summed E-state index contributed by atoms with van der Waals surface area (Å²) in [6.45, 7) is 0. The molecular weight excluding hydrogens is 183 g/mol. The van der Waals surface area contributed by atoms with Gasteiger partial charge in [0.15, 0.2) is 0 Å². The first kappa shape index (κ1) is 10.3. The Bertz CT molecular complexity index is 286. The predicted molar refractivity (Wildman–Crippen MR) is 50.7 cm³/mol. The molecule has 1 nitrogen and oxygen atoms in total. The lowest BCUT2D eigenvalue weighted by Gasteiger charge is -1.81. The van der Waals surface area contributed by atoms with Gasteiger partial charge in [0, 0.05) is 5.39 Å². The highest BCUT2D eigenvalue weighted by Gasteiger charge is 1.89. The van der Waals surface area contributed by atoms with Gasteiger partial charge in [0.1, 0.15) is 5.58 Å². The zero-order valence-electron chi connectivity index (χ0n) is 5.69. The molecule has 1 aromatic carbocycles. The second-order valence-electron chi connectivity index (χ2n) is 1.96. The van der Waals surface area contributed by atoms with Crippen LogP contribution in [0.4, 0.5) is 0 Å². The number of para-hydroxylation sites is 1. The van der Waals surface area contributed by atoms with Crippen molar-refractivity contribution in [3.8, 4) is 0 Å². The molecule has 2 rings (SSSR count). The van der Waals surface area contributed by atoms with Gasteiger partial charge in [-0.2, -0.15) is 0 Å². The van der Waals surface area contributed by atoms with Gasteiger partial charge in [0.25, 0.3) is 0 Å². The number of fused-ring (bicyclic) bond motifs is 1. The summed E-state index contributed by atoms with van der Waals surface area (Å²) < 4.78 is 5.12. The molecule has 11 heavy (non-hydrogen) atoms. The largest absolute Gasteiger partial charge is 0.464 e. The summed E-state index contributed by atoms with van der Waals surface area (Å²) in [4.78, 5) is 0. The first-order valence-corrected chi connectivity index (χ1v) is 2.89. The Hall–Kier alpha value is -0.660. The van der Waals surface area contributed by atoms with E-state index in [2.05, 4.69) is 0 Å². The van der Waals surface area contributed by atoms with E-state index < -0.39 is 0 Å². The molecule has 1 heterocycles.